The maximum atomic E-state index is 10.8. The van der Waals surface area contributed by atoms with Gasteiger partial charge in [-0.1, -0.05) is 11.8 Å². The Hall–Kier alpha value is -1.93. The number of rotatable bonds is 5. The first-order valence-corrected chi connectivity index (χ1v) is 8.09. The summed E-state index contributed by atoms with van der Waals surface area (Å²) in [6.07, 6.45) is 5.16. The molecule has 21 heavy (non-hydrogen) atoms. The highest BCUT2D eigenvalue weighted by atomic mass is 32.2. The zero-order valence-electron chi connectivity index (χ0n) is 11.1. The second-order valence-electron chi connectivity index (χ2n) is 4.36. The Kier molecular flexibility index (Phi) is 3.89. The highest BCUT2D eigenvalue weighted by Crippen LogP contribution is 2.31. The van der Waals surface area contributed by atoms with Crippen LogP contribution >= 0.6 is 23.1 Å². The summed E-state index contributed by atoms with van der Waals surface area (Å²) in [4.78, 5) is 23.7. The van der Waals surface area contributed by atoms with Gasteiger partial charge >= 0.3 is 5.97 Å². The quantitative estimate of drug-likeness (QED) is 0.728. The van der Waals surface area contributed by atoms with Gasteiger partial charge in [-0.05, 0) is 13.0 Å². The summed E-state index contributed by atoms with van der Waals surface area (Å²) in [5.74, 6) is -0.889. The molecule has 3 heterocycles. The Balaban J connectivity index is 2.08. The fourth-order valence-electron chi connectivity index (χ4n) is 2.08. The molecular weight excluding hydrogens is 308 g/mol. The number of hydrogen-bond acceptors (Lipinski definition) is 6. The number of pyridine rings is 1. The monoisotopic (exact) mass is 320 g/mol. The van der Waals surface area contributed by atoms with Gasteiger partial charge in [0.2, 0.25) is 0 Å². The van der Waals surface area contributed by atoms with E-state index >= 15 is 0 Å². The van der Waals surface area contributed by atoms with E-state index in [1.165, 1.54) is 11.8 Å². The topological polar surface area (TPSA) is 80.9 Å². The van der Waals surface area contributed by atoms with E-state index in [0.717, 1.165) is 16.0 Å². The third kappa shape index (κ3) is 2.77. The molecule has 3 aromatic heterocycles. The summed E-state index contributed by atoms with van der Waals surface area (Å²) >= 11 is 2.78. The standard InChI is InChI=1S/C13H12N4O2S2/c1-8(12-15-4-5-20-12)17-10-2-3-14-6-9(10)16-13(17)21-7-11(18)19/h2-6,8H,7H2,1H3,(H,18,19). The van der Waals surface area contributed by atoms with Gasteiger partial charge in [0.25, 0.3) is 0 Å². The zero-order chi connectivity index (χ0) is 14.8. The first-order chi connectivity index (χ1) is 10.2. The molecule has 0 aromatic carbocycles. The van der Waals surface area contributed by atoms with Gasteiger partial charge < -0.3 is 9.67 Å². The summed E-state index contributed by atoms with van der Waals surface area (Å²) < 4.78 is 2.02. The number of imidazole rings is 1. The number of carboxylic acids is 1. The van der Waals surface area contributed by atoms with Gasteiger partial charge in [-0.2, -0.15) is 0 Å². The molecule has 8 heteroatoms. The van der Waals surface area contributed by atoms with Crippen LogP contribution in [-0.4, -0.2) is 36.3 Å². The van der Waals surface area contributed by atoms with E-state index in [1.54, 1.807) is 29.9 Å². The first kappa shape index (κ1) is 14.0. The predicted molar refractivity (Wildman–Crippen MR) is 81.8 cm³/mol. The van der Waals surface area contributed by atoms with Crippen molar-refractivity contribution in [2.45, 2.75) is 18.1 Å². The molecule has 6 nitrogen and oxygen atoms in total. The van der Waals surface area contributed by atoms with E-state index in [0.29, 0.717) is 5.16 Å². The van der Waals surface area contributed by atoms with Crippen molar-refractivity contribution in [2.75, 3.05) is 5.75 Å². The van der Waals surface area contributed by atoms with E-state index < -0.39 is 5.97 Å². The lowest BCUT2D eigenvalue weighted by molar-refractivity contribution is -0.133. The molecule has 0 bridgehead atoms. The van der Waals surface area contributed by atoms with Crippen molar-refractivity contribution in [3.05, 3.63) is 35.0 Å². The second kappa shape index (κ2) is 5.82. The normalized spacial score (nSPS) is 12.6. The van der Waals surface area contributed by atoms with E-state index in [-0.39, 0.29) is 11.8 Å². The highest BCUT2D eigenvalue weighted by molar-refractivity contribution is 7.99. The van der Waals surface area contributed by atoms with Crippen molar-refractivity contribution in [3.8, 4) is 0 Å². The number of hydrogen-bond donors (Lipinski definition) is 1. The van der Waals surface area contributed by atoms with Crippen LogP contribution in [0, 0.1) is 0 Å². The van der Waals surface area contributed by atoms with Crippen LogP contribution in [0.1, 0.15) is 18.0 Å². The molecule has 0 fully saturated rings. The van der Waals surface area contributed by atoms with Gasteiger partial charge in [0.1, 0.15) is 10.5 Å². The fourth-order valence-corrected chi connectivity index (χ4v) is 3.58. The van der Waals surface area contributed by atoms with E-state index in [2.05, 4.69) is 15.0 Å². The minimum absolute atomic E-state index is 0.00584. The first-order valence-electron chi connectivity index (χ1n) is 6.22. The summed E-state index contributed by atoms with van der Waals surface area (Å²) in [7, 11) is 0. The lowest BCUT2D eigenvalue weighted by Crippen LogP contribution is -2.09. The third-order valence-corrected chi connectivity index (χ3v) is 4.86. The highest BCUT2D eigenvalue weighted by Gasteiger charge is 2.19. The van der Waals surface area contributed by atoms with Gasteiger partial charge in [0.05, 0.1) is 23.5 Å². The Morgan fingerprint density at radius 3 is 3.10 bits per heavy atom. The third-order valence-electron chi connectivity index (χ3n) is 2.98. The Labute approximate surface area is 128 Å². The Morgan fingerprint density at radius 1 is 1.52 bits per heavy atom. The number of carbonyl (C=O) groups is 1. The van der Waals surface area contributed by atoms with Crippen LogP contribution in [0.25, 0.3) is 11.0 Å². The number of aromatic nitrogens is 4. The molecule has 0 aliphatic heterocycles. The lowest BCUT2D eigenvalue weighted by Gasteiger charge is -2.14. The second-order valence-corrected chi connectivity index (χ2v) is 6.23. The van der Waals surface area contributed by atoms with Crippen LogP contribution in [0.5, 0.6) is 0 Å². The average Bonchev–Trinajstić information content (AvgIpc) is 3.11. The Morgan fingerprint density at radius 2 is 2.38 bits per heavy atom. The largest absolute Gasteiger partial charge is 0.481 e. The van der Waals surface area contributed by atoms with Gasteiger partial charge in [0.15, 0.2) is 5.16 Å². The molecule has 0 aliphatic rings. The van der Waals surface area contributed by atoms with Crippen molar-refractivity contribution in [1.82, 2.24) is 19.5 Å². The predicted octanol–water partition coefficient (Wildman–Crippen LogP) is 2.67. The van der Waals surface area contributed by atoms with Crippen LogP contribution in [0.2, 0.25) is 0 Å². The average molecular weight is 320 g/mol. The summed E-state index contributed by atoms with van der Waals surface area (Å²) in [5.41, 5.74) is 1.69. The molecule has 1 unspecified atom stereocenters. The molecule has 1 N–H and O–H groups in total. The summed E-state index contributed by atoms with van der Waals surface area (Å²) in [5, 5.41) is 12.4. The maximum Gasteiger partial charge on any atom is 0.313 e. The number of fused-ring (bicyclic) bond motifs is 1. The molecule has 1 atom stereocenters. The fraction of sp³-hybridized carbons (Fsp3) is 0.231. The minimum atomic E-state index is -0.862. The van der Waals surface area contributed by atoms with Gasteiger partial charge in [0, 0.05) is 17.8 Å². The van der Waals surface area contributed by atoms with Crippen molar-refractivity contribution in [2.24, 2.45) is 0 Å². The molecule has 0 saturated carbocycles. The molecular formula is C13H12N4O2S2. The molecule has 108 valence electrons. The number of thioether (sulfide) groups is 1. The number of carboxylic acid groups (broad SMARTS) is 1. The molecule has 0 saturated heterocycles. The number of nitrogens with zero attached hydrogens (tertiary/aromatic N) is 4. The van der Waals surface area contributed by atoms with Gasteiger partial charge in [-0.3, -0.25) is 9.78 Å². The van der Waals surface area contributed by atoms with Crippen LogP contribution in [0.4, 0.5) is 0 Å². The van der Waals surface area contributed by atoms with Crippen molar-refractivity contribution < 1.29 is 9.90 Å². The number of thiazole rings is 1. The van der Waals surface area contributed by atoms with Crippen molar-refractivity contribution in [1.29, 1.82) is 0 Å². The molecule has 0 spiro atoms. The van der Waals surface area contributed by atoms with Gasteiger partial charge in [-0.15, -0.1) is 11.3 Å². The zero-order valence-corrected chi connectivity index (χ0v) is 12.8. The molecule has 0 aliphatic carbocycles. The van der Waals surface area contributed by atoms with E-state index in [4.69, 9.17) is 5.11 Å². The van der Waals surface area contributed by atoms with Crippen LogP contribution in [0.3, 0.4) is 0 Å². The molecule has 0 amide bonds. The molecule has 3 rings (SSSR count). The lowest BCUT2D eigenvalue weighted by atomic mass is 10.3. The Bertz CT molecular complexity index is 770. The summed E-state index contributed by atoms with van der Waals surface area (Å²) in [6, 6.07) is 1.88. The van der Waals surface area contributed by atoms with Gasteiger partial charge in [-0.25, -0.2) is 9.97 Å². The van der Waals surface area contributed by atoms with E-state index in [9.17, 15) is 4.79 Å². The molecule has 3 aromatic rings. The van der Waals surface area contributed by atoms with E-state index in [1.807, 2.05) is 22.9 Å². The van der Waals surface area contributed by atoms with Crippen molar-refractivity contribution in [3.63, 3.8) is 0 Å². The number of aliphatic carboxylic acids is 1. The minimum Gasteiger partial charge on any atom is -0.481 e. The molecule has 0 radical (unpaired) electrons. The van der Waals surface area contributed by atoms with Crippen LogP contribution in [-0.2, 0) is 4.79 Å². The maximum absolute atomic E-state index is 10.8. The van der Waals surface area contributed by atoms with Crippen LogP contribution in [0.15, 0.2) is 35.2 Å². The summed E-state index contributed by atoms with van der Waals surface area (Å²) in [6.45, 7) is 2.03. The smallest absolute Gasteiger partial charge is 0.313 e. The van der Waals surface area contributed by atoms with Crippen molar-refractivity contribution >= 4 is 40.1 Å². The van der Waals surface area contributed by atoms with Crippen LogP contribution < -0.4 is 0 Å². The SMILES string of the molecule is CC(c1nccs1)n1c(SCC(=O)O)nc2cnccc21.